The van der Waals surface area contributed by atoms with Crippen LogP contribution >= 0.6 is 0 Å². The first-order valence-corrected chi connectivity index (χ1v) is 30.0. The van der Waals surface area contributed by atoms with Crippen molar-refractivity contribution in [2.45, 2.75) is 271 Å². The first kappa shape index (κ1) is 68.8. The molecule has 0 aromatic heterocycles. The van der Waals surface area contributed by atoms with Gasteiger partial charge < -0.3 is 14.2 Å². The highest BCUT2D eigenvalue weighted by molar-refractivity contribution is 5.71. The van der Waals surface area contributed by atoms with Crippen LogP contribution in [0.5, 0.6) is 0 Å². The molecule has 0 rings (SSSR count). The summed E-state index contributed by atoms with van der Waals surface area (Å²) in [7, 11) is 0. The van der Waals surface area contributed by atoms with E-state index >= 15 is 0 Å². The van der Waals surface area contributed by atoms with Gasteiger partial charge in [-0.25, -0.2) is 0 Å². The maximum atomic E-state index is 12.8. The van der Waals surface area contributed by atoms with Crippen LogP contribution in [0, 0.1) is 0 Å². The predicted octanol–water partition coefficient (Wildman–Crippen LogP) is 20.4. The average molecular weight is 1010 g/mol. The van der Waals surface area contributed by atoms with E-state index in [1.807, 2.05) is 0 Å². The van der Waals surface area contributed by atoms with Gasteiger partial charge in [0, 0.05) is 19.3 Å². The van der Waals surface area contributed by atoms with E-state index in [1.165, 1.54) is 89.9 Å². The lowest BCUT2D eigenvalue weighted by Crippen LogP contribution is -2.30. The molecule has 0 bridgehead atoms. The van der Waals surface area contributed by atoms with E-state index in [0.29, 0.717) is 19.3 Å². The first-order valence-electron chi connectivity index (χ1n) is 30.0. The van der Waals surface area contributed by atoms with Crippen LogP contribution < -0.4 is 0 Å². The van der Waals surface area contributed by atoms with Gasteiger partial charge >= 0.3 is 17.9 Å². The molecule has 0 aromatic carbocycles. The van der Waals surface area contributed by atoms with Crippen LogP contribution in [0.25, 0.3) is 0 Å². The molecule has 0 radical (unpaired) electrons. The van der Waals surface area contributed by atoms with Gasteiger partial charge in [0.15, 0.2) is 6.10 Å². The van der Waals surface area contributed by atoms with Crippen molar-refractivity contribution in [3.05, 3.63) is 122 Å². The molecular weight excluding hydrogens is 901 g/mol. The number of carbonyl (C=O) groups is 3. The monoisotopic (exact) mass is 1010 g/mol. The third-order valence-corrected chi connectivity index (χ3v) is 12.5. The van der Waals surface area contributed by atoms with Crippen molar-refractivity contribution in [1.82, 2.24) is 0 Å². The fourth-order valence-corrected chi connectivity index (χ4v) is 7.96. The Bertz CT molecular complexity index is 1540. The van der Waals surface area contributed by atoms with Crippen molar-refractivity contribution in [3.8, 4) is 0 Å². The van der Waals surface area contributed by atoms with Gasteiger partial charge in [0.2, 0.25) is 0 Å². The first-order chi connectivity index (χ1) is 36.0. The molecule has 0 spiro atoms. The number of carbonyl (C=O) groups excluding carboxylic acids is 3. The Balaban J connectivity index is 4.09. The molecule has 414 valence electrons. The molecule has 0 aliphatic heterocycles. The summed E-state index contributed by atoms with van der Waals surface area (Å²) in [6.45, 7) is 6.40. The van der Waals surface area contributed by atoms with Gasteiger partial charge in [0.1, 0.15) is 13.2 Å². The topological polar surface area (TPSA) is 78.9 Å². The minimum atomic E-state index is -0.784. The van der Waals surface area contributed by atoms with Gasteiger partial charge in [-0.1, -0.05) is 251 Å². The molecule has 0 aliphatic carbocycles. The van der Waals surface area contributed by atoms with Crippen molar-refractivity contribution in [3.63, 3.8) is 0 Å². The van der Waals surface area contributed by atoms with Crippen LogP contribution in [0.4, 0.5) is 0 Å². The van der Waals surface area contributed by atoms with Crippen molar-refractivity contribution in [2.75, 3.05) is 13.2 Å². The third kappa shape index (κ3) is 58.6. The molecule has 6 heteroatoms. The number of ether oxygens (including phenoxy) is 3. The zero-order valence-corrected chi connectivity index (χ0v) is 47.4. The molecule has 0 heterocycles. The Morgan fingerprint density at radius 1 is 0.288 bits per heavy atom. The van der Waals surface area contributed by atoms with E-state index in [0.717, 1.165) is 135 Å². The second kappa shape index (κ2) is 60.4. The quantitative estimate of drug-likeness (QED) is 0.0261. The molecule has 0 amide bonds. The molecule has 1 unspecified atom stereocenters. The zero-order chi connectivity index (χ0) is 52.9. The highest BCUT2D eigenvalue weighted by Gasteiger charge is 2.19. The largest absolute Gasteiger partial charge is 0.462 e. The summed E-state index contributed by atoms with van der Waals surface area (Å²) in [4.78, 5) is 37.8. The molecule has 1 atom stereocenters. The molecule has 0 fully saturated rings. The normalized spacial score (nSPS) is 13.0. The highest BCUT2D eigenvalue weighted by Crippen LogP contribution is 2.14. The molecule has 73 heavy (non-hydrogen) atoms. The number of hydrogen-bond donors (Lipinski definition) is 0. The fourth-order valence-electron chi connectivity index (χ4n) is 7.96. The number of unbranched alkanes of at least 4 members (excludes halogenated alkanes) is 22. The Labute approximate surface area is 450 Å². The summed E-state index contributed by atoms with van der Waals surface area (Å²) in [5, 5.41) is 0. The van der Waals surface area contributed by atoms with E-state index in [-0.39, 0.29) is 31.1 Å². The second-order valence-electron chi connectivity index (χ2n) is 19.5. The SMILES string of the molecule is CC/C=C\C/C=C\C/C=C\C/C=C\C/C=C\C/C=C\C/C=C\C/C=C\CCCCCCCCCCC(=O)OCC(COC(=O)CCCCCCC)OC(=O)CCCCCCCCC/C=C\C/C=C\CCCCC. The van der Waals surface area contributed by atoms with Gasteiger partial charge in [-0.05, 0) is 116 Å². The van der Waals surface area contributed by atoms with Crippen LogP contribution in [0.1, 0.15) is 265 Å². The smallest absolute Gasteiger partial charge is 0.306 e. The fraction of sp³-hybridized carbons (Fsp3) is 0.657. The Morgan fingerprint density at radius 3 is 0.863 bits per heavy atom. The number of esters is 3. The molecule has 0 saturated carbocycles. The minimum absolute atomic E-state index is 0.0856. The number of rotatable bonds is 53. The van der Waals surface area contributed by atoms with Crippen molar-refractivity contribution in [2.24, 2.45) is 0 Å². The van der Waals surface area contributed by atoms with E-state index < -0.39 is 6.10 Å². The number of hydrogen-bond acceptors (Lipinski definition) is 6. The summed E-state index contributed by atoms with van der Waals surface area (Å²) in [5.74, 6) is -0.917. The highest BCUT2D eigenvalue weighted by atomic mass is 16.6. The van der Waals surface area contributed by atoms with E-state index in [9.17, 15) is 14.4 Å². The molecule has 0 N–H and O–H groups in total. The Hall–Kier alpha value is -4.19. The maximum absolute atomic E-state index is 12.8. The van der Waals surface area contributed by atoms with Crippen LogP contribution in [-0.2, 0) is 28.6 Å². The molecular formula is C67H110O6. The summed E-state index contributed by atoms with van der Waals surface area (Å²) in [6.07, 6.45) is 83.8. The predicted molar refractivity (Wildman–Crippen MR) is 316 cm³/mol. The molecule has 6 nitrogen and oxygen atoms in total. The Kier molecular flexibility index (Phi) is 56.9. The summed E-state index contributed by atoms with van der Waals surface area (Å²) in [6, 6.07) is 0. The molecule has 0 aliphatic rings. The zero-order valence-electron chi connectivity index (χ0n) is 47.4. The van der Waals surface area contributed by atoms with E-state index in [4.69, 9.17) is 14.2 Å². The average Bonchev–Trinajstić information content (AvgIpc) is 3.39. The Morgan fingerprint density at radius 2 is 0.534 bits per heavy atom. The van der Waals surface area contributed by atoms with E-state index in [1.54, 1.807) is 0 Å². The summed E-state index contributed by atoms with van der Waals surface area (Å²) < 4.78 is 16.7. The van der Waals surface area contributed by atoms with Gasteiger partial charge in [0.05, 0.1) is 0 Å². The number of allylic oxidation sites excluding steroid dienone is 20. The molecule has 0 aromatic rings. The molecule has 0 saturated heterocycles. The second-order valence-corrected chi connectivity index (χ2v) is 19.5. The van der Waals surface area contributed by atoms with Crippen LogP contribution in [0.3, 0.4) is 0 Å². The van der Waals surface area contributed by atoms with Crippen molar-refractivity contribution < 1.29 is 28.6 Å². The van der Waals surface area contributed by atoms with Crippen molar-refractivity contribution >= 4 is 17.9 Å². The lowest BCUT2D eigenvalue weighted by molar-refractivity contribution is -0.167. The van der Waals surface area contributed by atoms with Crippen LogP contribution in [0.2, 0.25) is 0 Å². The lowest BCUT2D eigenvalue weighted by Gasteiger charge is -2.18. The van der Waals surface area contributed by atoms with Crippen LogP contribution in [0.15, 0.2) is 122 Å². The summed E-state index contributed by atoms with van der Waals surface area (Å²) in [5.41, 5.74) is 0. The third-order valence-electron chi connectivity index (χ3n) is 12.5. The van der Waals surface area contributed by atoms with Gasteiger partial charge in [-0.15, -0.1) is 0 Å². The van der Waals surface area contributed by atoms with Crippen LogP contribution in [-0.4, -0.2) is 37.2 Å². The maximum Gasteiger partial charge on any atom is 0.306 e. The van der Waals surface area contributed by atoms with Gasteiger partial charge in [-0.3, -0.25) is 14.4 Å². The van der Waals surface area contributed by atoms with Gasteiger partial charge in [-0.2, -0.15) is 0 Å². The van der Waals surface area contributed by atoms with Crippen molar-refractivity contribution in [1.29, 1.82) is 0 Å². The van der Waals surface area contributed by atoms with Gasteiger partial charge in [0.25, 0.3) is 0 Å². The lowest BCUT2D eigenvalue weighted by atomic mass is 10.1. The minimum Gasteiger partial charge on any atom is -0.462 e. The summed E-state index contributed by atoms with van der Waals surface area (Å²) >= 11 is 0. The standard InChI is InChI=1S/C67H110O6/c1-4-7-10-13-15-17-19-21-23-25-26-27-28-29-30-31-32-33-34-35-36-37-38-39-40-42-43-45-47-49-51-54-57-60-66(69)72-63-64(62-71-65(68)59-56-53-12-9-6-3)73-67(70)61-58-55-52-50-48-46-44-41-24-22-20-18-16-14-11-8-5-2/h7,10,15-18,21-24,26-27,29-30,32-33,35-36,38-39,64H,4-6,8-9,11-14,19-20,25,28,31,34,37,40-63H2,1-3H3/b10-7-,17-15-,18-16-,23-21-,24-22-,27-26-,30-29-,33-32-,36-35-,39-38-. The van der Waals surface area contributed by atoms with E-state index in [2.05, 4.69) is 142 Å².